The summed E-state index contributed by atoms with van der Waals surface area (Å²) in [5, 5.41) is 9.70. The summed E-state index contributed by atoms with van der Waals surface area (Å²) in [5.74, 6) is 1.42. The molecule has 1 N–H and O–H groups in total. The number of nitrogens with zero attached hydrogens (tertiary/aromatic N) is 1. The van der Waals surface area contributed by atoms with Crippen molar-refractivity contribution in [2.24, 2.45) is 0 Å². The minimum absolute atomic E-state index is 0.396. The first-order valence-corrected chi connectivity index (χ1v) is 7.24. The molecule has 0 aliphatic carbocycles. The maximum absolute atomic E-state index is 9.70. The van der Waals surface area contributed by atoms with Crippen molar-refractivity contribution in [3.05, 3.63) is 47.9 Å². The Hall–Kier alpha value is -1.98. The van der Waals surface area contributed by atoms with Gasteiger partial charge in [0, 0.05) is 25.2 Å². The van der Waals surface area contributed by atoms with E-state index in [1.54, 1.807) is 33.7 Å². The lowest BCUT2D eigenvalue weighted by atomic mass is 10.1. The number of rotatable bonds is 8. The molecule has 0 aliphatic heterocycles. The van der Waals surface area contributed by atoms with Crippen molar-refractivity contribution in [2.75, 3.05) is 20.8 Å². The van der Waals surface area contributed by atoms with Crippen LogP contribution in [0.15, 0.2) is 41.2 Å². The molecule has 5 nitrogen and oxygen atoms in total. The van der Waals surface area contributed by atoms with Gasteiger partial charge in [-0.05, 0) is 30.7 Å². The zero-order valence-corrected chi connectivity index (χ0v) is 13.3. The summed E-state index contributed by atoms with van der Waals surface area (Å²) in [6.45, 7) is 3.79. The lowest BCUT2D eigenvalue weighted by Crippen LogP contribution is -2.30. The van der Waals surface area contributed by atoms with Crippen LogP contribution >= 0.6 is 0 Å². The molecule has 1 atom stereocenters. The Morgan fingerprint density at radius 2 is 1.82 bits per heavy atom. The van der Waals surface area contributed by atoms with Gasteiger partial charge in [-0.15, -0.1) is 0 Å². The highest BCUT2D eigenvalue weighted by Gasteiger charge is 2.12. The number of aliphatic hydroxyl groups is 1. The number of furan rings is 1. The van der Waals surface area contributed by atoms with Crippen molar-refractivity contribution in [3.63, 3.8) is 0 Å². The van der Waals surface area contributed by atoms with Gasteiger partial charge in [-0.3, -0.25) is 4.90 Å². The van der Waals surface area contributed by atoms with Crippen LogP contribution in [0, 0.1) is 0 Å². The van der Waals surface area contributed by atoms with E-state index >= 15 is 0 Å². The molecule has 0 fully saturated rings. The topological polar surface area (TPSA) is 55.1 Å². The third-order valence-corrected chi connectivity index (χ3v) is 3.36. The molecular formula is C17H23NO4. The molecule has 2 aromatic rings. The average Bonchev–Trinajstić information content (AvgIpc) is 2.99. The lowest BCUT2D eigenvalue weighted by Gasteiger charge is -2.23. The fourth-order valence-electron chi connectivity index (χ4n) is 2.44. The van der Waals surface area contributed by atoms with Gasteiger partial charge in [-0.1, -0.05) is 6.07 Å². The van der Waals surface area contributed by atoms with Gasteiger partial charge in [-0.2, -0.15) is 0 Å². The van der Waals surface area contributed by atoms with Crippen LogP contribution in [-0.2, 0) is 13.1 Å². The fourth-order valence-corrected chi connectivity index (χ4v) is 2.44. The number of ether oxygens (including phenoxy) is 2. The van der Waals surface area contributed by atoms with Crippen molar-refractivity contribution in [2.45, 2.75) is 26.1 Å². The summed E-state index contributed by atoms with van der Waals surface area (Å²) in [5.41, 5.74) is 2.18. The summed E-state index contributed by atoms with van der Waals surface area (Å²) in [4.78, 5) is 2.16. The van der Waals surface area contributed by atoms with Gasteiger partial charge in [-0.25, -0.2) is 0 Å². The molecule has 0 saturated carbocycles. The first kappa shape index (κ1) is 16.4. The largest absolute Gasteiger partial charge is 0.493 e. The van der Waals surface area contributed by atoms with E-state index < -0.39 is 6.10 Å². The number of hydrogen-bond acceptors (Lipinski definition) is 5. The molecule has 1 aromatic carbocycles. The molecule has 1 heterocycles. The van der Waals surface area contributed by atoms with E-state index in [9.17, 15) is 5.11 Å². The Morgan fingerprint density at radius 3 is 2.41 bits per heavy atom. The molecule has 0 aliphatic rings. The van der Waals surface area contributed by atoms with E-state index in [1.165, 1.54) is 0 Å². The summed E-state index contributed by atoms with van der Waals surface area (Å²) in [6, 6.07) is 7.80. The first-order valence-electron chi connectivity index (χ1n) is 7.24. The molecule has 120 valence electrons. The maximum Gasteiger partial charge on any atom is 0.161 e. The second kappa shape index (κ2) is 7.87. The maximum atomic E-state index is 9.70. The summed E-state index contributed by atoms with van der Waals surface area (Å²) >= 11 is 0. The molecule has 0 unspecified atom stereocenters. The van der Waals surface area contributed by atoms with Crippen molar-refractivity contribution in [1.29, 1.82) is 0 Å². The highest BCUT2D eigenvalue weighted by molar-refractivity contribution is 5.42. The number of aliphatic hydroxyl groups excluding tert-OH is 1. The lowest BCUT2D eigenvalue weighted by molar-refractivity contribution is 0.118. The Balaban J connectivity index is 2.12. The molecule has 0 saturated heterocycles. The highest BCUT2D eigenvalue weighted by atomic mass is 16.5. The quantitative estimate of drug-likeness (QED) is 0.812. The summed E-state index contributed by atoms with van der Waals surface area (Å²) in [7, 11) is 3.25. The van der Waals surface area contributed by atoms with Crippen molar-refractivity contribution >= 4 is 0 Å². The Morgan fingerprint density at radius 1 is 1.09 bits per heavy atom. The SMILES string of the molecule is COc1ccc(CN(Cc2ccoc2)C[C@@H](C)O)cc1OC. The molecule has 0 bridgehead atoms. The smallest absolute Gasteiger partial charge is 0.161 e. The minimum atomic E-state index is -0.396. The van der Waals surface area contributed by atoms with Gasteiger partial charge in [0.2, 0.25) is 0 Å². The van der Waals surface area contributed by atoms with Gasteiger partial charge < -0.3 is 19.0 Å². The van der Waals surface area contributed by atoms with Gasteiger partial charge in [0.1, 0.15) is 0 Å². The second-order valence-corrected chi connectivity index (χ2v) is 5.34. The first-order chi connectivity index (χ1) is 10.6. The Kier molecular flexibility index (Phi) is 5.86. The van der Waals surface area contributed by atoms with Crippen LogP contribution in [0.1, 0.15) is 18.1 Å². The number of hydrogen-bond donors (Lipinski definition) is 1. The molecule has 5 heteroatoms. The summed E-state index contributed by atoms with van der Waals surface area (Å²) in [6.07, 6.45) is 2.99. The van der Waals surface area contributed by atoms with Crippen LogP contribution in [0.4, 0.5) is 0 Å². The molecule has 0 radical (unpaired) electrons. The molecule has 0 amide bonds. The van der Waals surface area contributed by atoms with Gasteiger partial charge >= 0.3 is 0 Å². The average molecular weight is 305 g/mol. The minimum Gasteiger partial charge on any atom is -0.493 e. The van der Waals surface area contributed by atoms with Gasteiger partial charge in [0.15, 0.2) is 11.5 Å². The zero-order chi connectivity index (χ0) is 15.9. The summed E-state index contributed by atoms with van der Waals surface area (Å²) < 4.78 is 15.7. The molecule has 2 rings (SSSR count). The molecule has 1 aromatic heterocycles. The number of methoxy groups -OCH3 is 2. The predicted octanol–water partition coefficient (Wildman–Crippen LogP) is 2.68. The van der Waals surface area contributed by atoms with Gasteiger partial charge in [0.25, 0.3) is 0 Å². The van der Waals surface area contributed by atoms with Gasteiger partial charge in [0.05, 0.1) is 32.8 Å². The fraction of sp³-hybridized carbons (Fsp3) is 0.412. The Bertz CT molecular complexity index is 566. The van der Waals surface area contributed by atoms with E-state index in [1.807, 2.05) is 24.3 Å². The molecular weight excluding hydrogens is 282 g/mol. The van der Waals surface area contributed by atoms with Crippen molar-refractivity contribution < 1.29 is 19.0 Å². The van der Waals surface area contributed by atoms with Crippen molar-refractivity contribution in [1.82, 2.24) is 4.90 Å². The normalized spacial score (nSPS) is 12.4. The van der Waals surface area contributed by atoms with Crippen LogP contribution in [-0.4, -0.2) is 36.9 Å². The Labute approximate surface area is 131 Å². The van der Waals surface area contributed by atoms with Crippen LogP contribution in [0.25, 0.3) is 0 Å². The van der Waals surface area contributed by atoms with Crippen LogP contribution in [0.2, 0.25) is 0 Å². The third-order valence-electron chi connectivity index (χ3n) is 3.36. The zero-order valence-electron chi connectivity index (χ0n) is 13.3. The van der Waals surface area contributed by atoms with E-state index in [0.717, 1.165) is 17.7 Å². The highest BCUT2D eigenvalue weighted by Crippen LogP contribution is 2.28. The predicted molar refractivity (Wildman–Crippen MR) is 84.0 cm³/mol. The number of benzene rings is 1. The van der Waals surface area contributed by atoms with Crippen LogP contribution in [0.3, 0.4) is 0 Å². The second-order valence-electron chi connectivity index (χ2n) is 5.34. The molecule has 22 heavy (non-hydrogen) atoms. The van der Waals surface area contributed by atoms with Crippen molar-refractivity contribution in [3.8, 4) is 11.5 Å². The van der Waals surface area contributed by atoms with E-state index in [2.05, 4.69) is 4.90 Å². The standard InChI is InChI=1S/C17H23NO4/c1-13(19)9-18(11-15-6-7-22-12-15)10-14-4-5-16(20-2)17(8-14)21-3/h4-8,12-13,19H,9-11H2,1-3H3/t13-/m1/s1. The molecule has 0 spiro atoms. The van der Waals surface area contributed by atoms with Crippen LogP contribution < -0.4 is 9.47 Å². The van der Waals surface area contributed by atoms with E-state index in [4.69, 9.17) is 13.9 Å². The third kappa shape index (κ3) is 4.51. The van der Waals surface area contributed by atoms with E-state index in [0.29, 0.717) is 24.6 Å². The van der Waals surface area contributed by atoms with E-state index in [-0.39, 0.29) is 0 Å². The monoisotopic (exact) mass is 305 g/mol. The van der Waals surface area contributed by atoms with Crippen LogP contribution in [0.5, 0.6) is 11.5 Å².